The Bertz CT molecular complexity index is 1520. The van der Waals surface area contributed by atoms with Crippen molar-refractivity contribution >= 4 is 63.3 Å². The molecular formula is C25H18Cl2F2N4O4. The number of aliphatic carboxylic acids is 1. The predicted octanol–water partition coefficient (Wildman–Crippen LogP) is 4.37. The van der Waals surface area contributed by atoms with Gasteiger partial charge in [0.05, 0.1) is 23.2 Å². The molecule has 0 radical (unpaired) electrons. The molecule has 2 amide bonds. The third-order valence-electron chi connectivity index (χ3n) is 7.49. The molecule has 8 nitrogen and oxygen atoms in total. The number of aromatic nitrogens is 1. The van der Waals surface area contributed by atoms with Gasteiger partial charge in [-0.15, -0.1) is 0 Å². The number of benzene rings is 2. The summed E-state index contributed by atoms with van der Waals surface area (Å²) < 4.78 is 29.6. The summed E-state index contributed by atoms with van der Waals surface area (Å²) in [5.41, 5.74) is -1.96. The van der Waals surface area contributed by atoms with Crippen LogP contribution in [0.15, 0.2) is 48.7 Å². The van der Waals surface area contributed by atoms with Gasteiger partial charge in [-0.25, -0.2) is 13.8 Å². The smallest absolute Gasteiger partial charge is 0.310 e. The Kier molecular flexibility index (Phi) is 5.24. The third kappa shape index (κ3) is 3.43. The number of amides is 2. The maximum Gasteiger partial charge on any atom is 0.310 e. The number of hydrogen-bond donors (Lipinski definition) is 3. The fraction of sp³-hybridized carbons (Fsp3) is 0.280. The van der Waals surface area contributed by atoms with E-state index in [1.807, 2.05) is 18.2 Å². The molecule has 4 heterocycles. The lowest BCUT2D eigenvalue weighted by Crippen LogP contribution is -2.54. The Labute approximate surface area is 218 Å². The van der Waals surface area contributed by atoms with Gasteiger partial charge in [0, 0.05) is 34.6 Å². The number of nitrogens with zero attached hydrogens (tertiary/aromatic N) is 2. The van der Waals surface area contributed by atoms with Gasteiger partial charge in [0.1, 0.15) is 17.3 Å². The number of hydrogen-bond acceptors (Lipinski definition) is 5. The molecule has 1 spiro atoms. The maximum absolute atomic E-state index is 14.8. The largest absolute Gasteiger partial charge is 0.481 e. The van der Waals surface area contributed by atoms with Crippen LogP contribution in [0.4, 0.5) is 20.3 Å². The molecule has 190 valence electrons. The maximum atomic E-state index is 14.8. The van der Waals surface area contributed by atoms with Gasteiger partial charge in [-0.3, -0.25) is 19.3 Å². The molecular weight excluding hydrogens is 529 g/mol. The van der Waals surface area contributed by atoms with Gasteiger partial charge in [-0.05, 0) is 23.6 Å². The summed E-state index contributed by atoms with van der Waals surface area (Å²) in [7, 11) is 0. The molecule has 3 aliphatic heterocycles. The van der Waals surface area contributed by atoms with Gasteiger partial charge in [0.25, 0.3) is 11.8 Å². The van der Waals surface area contributed by atoms with Crippen molar-refractivity contribution in [2.24, 2.45) is 11.8 Å². The molecule has 0 saturated carbocycles. The SMILES string of the molecule is O=C(Nc1cc2ccccc2cn1)C1C2CC(F)(F)CN2C2(C(=O)Nc3c(Cl)cc(Cl)cc32)C1C(=O)O. The summed E-state index contributed by atoms with van der Waals surface area (Å²) in [5.74, 6) is -9.49. The standard InChI is InChI=1S/C25H18Cl2F2N4O4/c26-13-6-14-20(15(27)7-13)32-23(37)25(14)19(22(35)36)18(16-8-24(28,29)10-33(16)25)21(34)31-17-5-11-3-1-2-4-12(11)9-30-17/h1-7,9,16,18-19H,8,10H2,(H,32,37)(H,35,36)(H,30,31,34). The van der Waals surface area contributed by atoms with Crippen LogP contribution in [-0.4, -0.2) is 51.3 Å². The minimum atomic E-state index is -3.26. The van der Waals surface area contributed by atoms with E-state index in [9.17, 15) is 28.3 Å². The number of carbonyl (C=O) groups excluding carboxylic acids is 2. The van der Waals surface area contributed by atoms with E-state index in [2.05, 4.69) is 15.6 Å². The van der Waals surface area contributed by atoms with E-state index in [1.54, 1.807) is 12.1 Å². The average Bonchev–Trinajstić information content (AvgIpc) is 3.40. The summed E-state index contributed by atoms with van der Waals surface area (Å²) in [6.45, 7) is -0.906. The van der Waals surface area contributed by atoms with Crippen molar-refractivity contribution in [3.05, 3.63) is 64.3 Å². The van der Waals surface area contributed by atoms with Crippen LogP contribution in [0.1, 0.15) is 12.0 Å². The number of carbonyl (C=O) groups is 3. The monoisotopic (exact) mass is 546 g/mol. The number of rotatable bonds is 3. The molecule has 4 atom stereocenters. The molecule has 3 N–H and O–H groups in total. The molecule has 37 heavy (non-hydrogen) atoms. The van der Waals surface area contributed by atoms with E-state index in [0.29, 0.717) is 0 Å². The Hall–Kier alpha value is -3.34. The van der Waals surface area contributed by atoms with Crippen molar-refractivity contribution < 1.29 is 28.3 Å². The number of alkyl halides is 2. The highest BCUT2D eigenvalue weighted by Gasteiger charge is 2.74. The van der Waals surface area contributed by atoms with Crippen LogP contribution in [0, 0.1) is 11.8 Å². The second-order valence-corrected chi connectivity index (χ2v) is 10.4. The van der Waals surface area contributed by atoms with Crippen LogP contribution < -0.4 is 10.6 Å². The topological polar surface area (TPSA) is 112 Å². The molecule has 12 heteroatoms. The number of pyridine rings is 1. The fourth-order valence-electron chi connectivity index (χ4n) is 6.16. The highest BCUT2D eigenvalue weighted by atomic mass is 35.5. The van der Waals surface area contributed by atoms with E-state index >= 15 is 0 Å². The molecule has 3 aromatic rings. The minimum Gasteiger partial charge on any atom is -0.481 e. The van der Waals surface area contributed by atoms with Gasteiger partial charge in [-0.2, -0.15) is 0 Å². The van der Waals surface area contributed by atoms with Crippen LogP contribution in [0.3, 0.4) is 0 Å². The van der Waals surface area contributed by atoms with Crippen LogP contribution in [0.2, 0.25) is 10.0 Å². The third-order valence-corrected chi connectivity index (χ3v) is 8.00. The van der Waals surface area contributed by atoms with Crippen molar-refractivity contribution in [3.63, 3.8) is 0 Å². The lowest BCUT2D eigenvalue weighted by atomic mass is 9.73. The Morgan fingerprint density at radius 3 is 2.62 bits per heavy atom. The molecule has 2 saturated heterocycles. The van der Waals surface area contributed by atoms with Crippen molar-refractivity contribution in [3.8, 4) is 0 Å². The molecule has 2 aromatic carbocycles. The number of carboxylic acids is 1. The fourth-order valence-corrected chi connectivity index (χ4v) is 6.70. The summed E-state index contributed by atoms with van der Waals surface area (Å²) in [6, 6.07) is 10.3. The van der Waals surface area contributed by atoms with Crippen molar-refractivity contribution in [2.75, 3.05) is 17.2 Å². The molecule has 1 aromatic heterocycles. The van der Waals surface area contributed by atoms with Crippen LogP contribution >= 0.6 is 23.2 Å². The minimum absolute atomic E-state index is 0.0348. The zero-order valence-electron chi connectivity index (χ0n) is 18.8. The molecule has 2 fully saturated rings. The number of nitrogens with one attached hydrogen (secondary N) is 2. The Morgan fingerprint density at radius 2 is 1.89 bits per heavy atom. The lowest BCUT2D eigenvalue weighted by Gasteiger charge is -2.35. The molecule has 4 unspecified atom stereocenters. The van der Waals surface area contributed by atoms with Crippen molar-refractivity contribution in [1.29, 1.82) is 0 Å². The first-order chi connectivity index (χ1) is 17.5. The zero-order valence-corrected chi connectivity index (χ0v) is 20.4. The normalized spacial score (nSPS) is 27.8. The average molecular weight is 547 g/mol. The molecule has 0 bridgehead atoms. The van der Waals surface area contributed by atoms with Crippen molar-refractivity contribution in [2.45, 2.75) is 23.9 Å². The van der Waals surface area contributed by atoms with E-state index in [0.717, 1.165) is 15.7 Å². The number of carboxylic acid groups (broad SMARTS) is 1. The Balaban J connectivity index is 1.49. The predicted molar refractivity (Wildman–Crippen MR) is 132 cm³/mol. The Morgan fingerprint density at radius 1 is 1.16 bits per heavy atom. The second-order valence-electron chi connectivity index (χ2n) is 9.53. The van der Waals surface area contributed by atoms with Crippen LogP contribution in [-0.2, 0) is 19.9 Å². The van der Waals surface area contributed by atoms with Gasteiger partial charge < -0.3 is 15.7 Å². The first-order valence-electron chi connectivity index (χ1n) is 11.4. The van der Waals surface area contributed by atoms with Gasteiger partial charge >= 0.3 is 5.97 Å². The number of anilines is 2. The zero-order chi connectivity index (χ0) is 26.3. The van der Waals surface area contributed by atoms with Crippen LogP contribution in [0.25, 0.3) is 10.8 Å². The number of halogens is 4. The van der Waals surface area contributed by atoms with Crippen LogP contribution in [0.5, 0.6) is 0 Å². The quantitative estimate of drug-likeness (QED) is 0.449. The van der Waals surface area contributed by atoms with E-state index in [1.165, 1.54) is 18.3 Å². The second kappa shape index (κ2) is 8.08. The molecule has 6 rings (SSSR count). The lowest BCUT2D eigenvalue weighted by molar-refractivity contribution is -0.153. The first kappa shape index (κ1) is 24.0. The van der Waals surface area contributed by atoms with E-state index in [4.69, 9.17) is 23.2 Å². The van der Waals surface area contributed by atoms with E-state index in [-0.39, 0.29) is 27.1 Å². The highest BCUT2D eigenvalue weighted by Crippen LogP contribution is 2.61. The summed E-state index contributed by atoms with van der Waals surface area (Å²) >= 11 is 12.5. The van der Waals surface area contributed by atoms with Crippen molar-refractivity contribution in [1.82, 2.24) is 9.88 Å². The summed E-state index contributed by atoms with van der Waals surface area (Å²) in [4.78, 5) is 45.3. The number of fused-ring (bicyclic) bond motifs is 5. The molecule has 0 aliphatic carbocycles. The summed E-state index contributed by atoms with van der Waals surface area (Å²) in [5, 5.41) is 17.3. The van der Waals surface area contributed by atoms with Gasteiger partial charge in [-0.1, -0.05) is 47.5 Å². The highest BCUT2D eigenvalue weighted by molar-refractivity contribution is 6.38. The summed E-state index contributed by atoms with van der Waals surface area (Å²) in [6.07, 6.45) is 0.745. The molecule has 3 aliphatic rings. The van der Waals surface area contributed by atoms with Gasteiger partial charge in [0.15, 0.2) is 0 Å². The van der Waals surface area contributed by atoms with Gasteiger partial charge in [0.2, 0.25) is 5.91 Å². The first-order valence-corrected chi connectivity index (χ1v) is 12.1. The van der Waals surface area contributed by atoms with E-state index < -0.39 is 60.1 Å².